The summed E-state index contributed by atoms with van der Waals surface area (Å²) < 4.78 is 11.4. The van der Waals surface area contributed by atoms with Crippen LogP contribution in [0.3, 0.4) is 0 Å². The molecule has 0 fully saturated rings. The zero-order valence-electron chi connectivity index (χ0n) is 34.4. The van der Waals surface area contributed by atoms with Crippen LogP contribution in [0.4, 0.5) is 22.9 Å². The Kier molecular flexibility index (Phi) is 9.49. The minimum atomic E-state index is -0.0257. The van der Waals surface area contributed by atoms with Crippen molar-refractivity contribution in [3.63, 3.8) is 0 Å². The second-order valence-corrected chi connectivity index (χ2v) is 18.5. The summed E-state index contributed by atoms with van der Waals surface area (Å²) in [6.45, 7) is 20.1. The van der Waals surface area contributed by atoms with Crippen LogP contribution in [-0.2, 0) is 31.9 Å². The first-order valence-electron chi connectivity index (χ1n) is 19.8. The molecule has 0 radical (unpaired) electrons. The molecule has 0 saturated carbocycles. The van der Waals surface area contributed by atoms with E-state index in [1.807, 2.05) is 24.5 Å². The van der Waals surface area contributed by atoms with E-state index in [2.05, 4.69) is 180 Å². The molecule has 59 heavy (non-hydrogen) atoms. The molecular weight excluding hydrogens is 926 g/mol. The molecule has 0 N–H and O–H groups in total. The van der Waals surface area contributed by atoms with E-state index in [0.717, 1.165) is 60.6 Å². The fourth-order valence-corrected chi connectivity index (χ4v) is 9.52. The number of ether oxygens (including phenoxy) is 1. The molecule has 5 aromatic carbocycles. The van der Waals surface area contributed by atoms with Gasteiger partial charge in [-0.15, -0.1) is 36.3 Å². The van der Waals surface area contributed by atoms with Gasteiger partial charge in [0.2, 0.25) is 0 Å². The van der Waals surface area contributed by atoms with Crippen molar-refractivity contribution < 1.29 is 25.8 Å². The molecule has 0 unspecified atom stereocenters. The van der Waals surface area contributed by atoms with Crippen LogP contribution < -0.4 is 14.5 Å². The molecule has 0 saturated heterocycles. The Balaban J connectivity index is 0.00000449. The van der Waals surface area contributed by atoms with Gasteiger partial charge in [-0.05, 0) is 88.7 Å². The minimum absolute atomic E-state index is 0. The fraction of sp³-hybridized carbons (Fsp3) is 0.196. The molecule has 4 aromatic heterocycles. The van der Waals surface area contributed by atoms with Gasteiger partial charge in [0, 0.05) is 60.9 Å². The van der Waals surface area contributed by atoms with Gasteiger partial charge in [0.1, 0.15) is 11.6 Å². The predicted octanol–water partition coefficient (Wildman–Crippen LogP) is 14.0. The first kappa shape index (κ1) is 39.0. The van der Waals surface area contributed by atoms with Crippen LogP contribution in [0.2, 0.25) is 0 Å². The number of aromatic nitrogens is 3. The molecular formula is C51H44N5OPtS-3. The number of hydrogen-bond acceptors (Lipinski definition) is 6. The third kappa shape index (κ3) is 6.60. The Morgan fingerprint density at radius 2 is 1.37 bits per heavy atom. The molecule has 0 spiro atoms. The van der Waals surface area contributed by atoms with Crippen LogP contribution in [0.25, 0.3) is 47.8 Å². The van der Waals surface area contributed by atoms with Gasteiger partial charge in [-0.2, -0.15) is 17.4 Å². The Morgan fingerprint density at radius 3 is 2.14 bits per heavy atom. The van der Waals surface area contributed by atoms with Gasteiger partial charge in [0.25, 0.3) is 0 Å². The topological polar surface area (TPSA) is 46.4 Å². The quantitative estimate of drug-likeness (QED) is 0.161. The van der Waals surface area contributed by atoms with Gasteiger partial charge < -0.3 is 19.1 Å². The minimum Gasteiger partial charge on any atom is -0.509 e. The fourth-order valence-electron chi connectivity index (χ4n) is 8.38. The van der Waals surface area contributed by atoms with E-state index in [0.29, 0.717) is 11.5 Å². The van der Waals surface area contributed by atoms with Crippen molar-refractivity contribution in [2.75, 3.05) is 9.80 Å². The Bertz CT molecular complexity index is 3070. The number of aryl methyl sites for hydroxylation is 2. The van der Waals surface area contributed by atoms with Crippen LogP contribution >= 0.6 is 11.3 Å². The molecule has 1 aliphatic heterocycles. The molecule has 8 heteroatoms. The van der Waals surface area contributed by atoms with E-state index in [4.69, 9.17) is 14.7 Å². The number of benzene rings is 5. The predicted molar refractivity (Wildman–Crippen MR) is 242 cm³/mol. The Hall–Kier alpha value is -5.49. The molecule has 0 atom stereocenters. The number of thiophene rings is 1. The van der Waals surface area contributed by atoms with Gasteiger partial charge in [0.05, 0.1) is 5.69 Å². The van der Waals surface area contributed by atoms with Crippen LogP contribution in [0.1, 0.15) is 63.8 Å². The molecule has 10 rings (SSSR count). The largest absolute Gasteiger partial charge is 0.509 e. The van der Waals surface area contributed by atoms with Crippen molar-refractivity contribution in [2.45, 2.75) is 66.2 Å². The Morgan fingerprint density at radius 1 is 0.644 bits per heavy atom. The number of rotatable bonds is 5. The van der Waals surface area contributed by atoms with Crippen molar-refractivity contribution in [1.29, 1.82) is 0 Å². The second-order valence-electron chi connectivity index (χ2n) is 17.4. The van der Waals surface area contributed by atoms with E-state index in [1.165, 1.54) is 32.3 Å². The van der Waals surface area contributed by atoms with Crippen molar-refractivity contribution in [1.82, 2.24) is 14.5 Å². The standard InChI is InChI=1S/C51H44N5OS.Pt/c1-31-24-34(51(6,7)8)25-32(2)48(31)55-30-54(41-17-13-22-53-49(41)55)43-28-36(29-45-47(43)39-15-10-12-18-44(39)58-45)57-35-19-20-38-37-14-9-11-16-40(37)56(42(38)27-35)46-26-33(21-23-52-46)50(3,4)5;/h9-26,29-30H,1-8H3;/q-3;. The van der Waals surface area contributed by atoms with E-state index >= 15 is 0 Å². The molecule has 9 aromatic rings. The van der Waals surface area contributed by atoms with Crippen molar-refractivity contribution in [3.8, 4) is 17.3 Å². The van der Waals surface area contributed by atoms with Crippen LogP contribution in [0.5, 0.6) is 11.5 Å². The average Bonchev–Trinajstić information content (AvgIpc) is 3.86. The maximum atomic E-state index is 6.83. The summed E-state index contributed by atoms with van der Waals surface area (Å²) in [5.74, 6) is 2.94. The third-order valence-electron chi connectivity index (χ3n) is 11.3. The molecule has 0 aliphatic carbocycles. The SMILES string of the molecule is Cc1cc(C(C)(C)C)cc(C)c1N1[CH-]N(c2[c-]c(Oc3[c-]c4c(cc3)c3ccccc3n4-c3cc(C(C)(C)C)ccn3)cc3sc4ccccc4c23)c2cccnc21.[Pt]. The van der Waals surface area contributed by atoms with E-state index in [9.17, 15) is 0 Å². The van der Waals surface area contributed by atoms with Gasteiger partial charge in [0.15, 0.2) is 0 Å². The molecule has 1 aliphatic rings. The molecule has 5 heterocycles. The van der Waals surface area contributed by atoms with E-state index in [-0.39, 0.29) is 31.9 Å². The summed E-state index contributed by atoms with van der Waals surface area (Å²) in [6, 6.07) is 43.8. The van der Waals surface area contributed by atoms with Gasteiger partial charge in [-0.25, -0.2) is 9.97 Å². The third-order valence-corrected chi connectivity index (χ3v) is 12.4. The van der Waals surface area contributed by atoms with Gasteiger partial charge in [-0.1, -0.05) is 117 Å². The summed E-state index contributed by atoms with van der Waals surface area (Å²) in [4.78, 5) is 14.3. The first-order chi connectivity index (χ1) is 27.8. The van der Waals surface area contributed by atoms with Crippen molar-refractivity contribution >= 4 is 76.2 Å². The maximum absolute atomic E-state index is 6.83. The van der Waals surface area contributed by atoms with Crippen molar-refractivity contribution in [2.24, 2.45) is 0 Å². The van der Waals surface area contributed by atoms with E-state index in [1.54, 1.807) is 11.3 Å². The van der Waals surface area contributed by atoms with Crippen molar-refractivity contribution in [3.05, 3.63) is 157 Å². The number of fused-ring (bicyclic) bond motifs is 7. The zero-order valence-corrected chi connectivity index (χ0v) is 37.5. The number of nitrogens with zero attached hydrogens (tertiary/aromatic N) is 5. The monoisotopic (exact) mass is 969 g/mol. The normalized spacial score (nSPS) is 13.2. The zero-order chi connectivity index (χ0) is 40.1. The summed E-state index contributed by atoms with van der Waals surface area (Å²) in [7, 11) is 0. The second kappa shape index (κ2) is 14.4. The van der Waals surface area contributed by atoms with Crippen LogP contribution in [-0.4, -0.2) is 14.5 Å². The summed E-state index contributed by atoms with van der Waals surface area (Å²) in [5.41, 5.74) is 9.96. The number of anilines is 4. The maximum Gasteiger partial charge on any atom is 0.135 e. The van der Waals surface area contributed by atoms with E-state index < -0.39 is 0 Å². The van der Waals surface area contributed by atoms with Crippen LogP contribution in [0.15, 0.2) is 116 Å². The number of para-hydroxylation sites is 1. The molecule has 0 bridgehead atoms. The average molecular weight is 970 g/mol. The molecule has 298 valence electrons. The number of pyridine rings is 2. The van der Waals surface area contributed by atoms with Gasteiger partial charge >= 0.3 is 0 Å². The summed E-state index contributed by atoms with van der Waals surface area (Å²) >= 11 is 1.76. The molecule has 0 amide bonds. The van der Waals surface area contributed by atoms with Gasteiger partial charge in [-0.3, -0.25) is 0 Å². The Labute approximate surface area is 364 Å². The molecule has 6 nitrogen and oxygen atoms in total. The number of hydrogen-bond donors (Lipinski definition) is 0. The summed E-state index contributed by atoms with van der Waals surface area (Å²) in [5, 5.41) is 4.54. The first-order valence-corrected chi connectivity index (χ1v) is 20.6. The summed E-state index contributed by atoms with van der Waals surface area (Å²) in [6.07, 6.45) is 3.78. The smallest absolute Gasteiger partial charge is 0.135 e. The van der Waals surface area contributed by atoms with Crippen LogP contribution in [0, 0.1) is 32.6 Å².